The van der Waals surface area contributed by atoms with E-state index in [0.717, 1.165) is 11.1 Å². The fourth-order valence-corrected chi connectivity index (χ4v) is 3.13. The molecule has 0 unspecified atom stereocenters. The highest BCUT2D eigenvalue weighted by Gasteiger charge is 2.22. The highest BCUT2D eigenvalue weighted by Crippen LogP contribution is 2.37. The van der Waals surface area contributed by atoms with E-state index in [1.807, 2.05) is 32.9 Å². The molecule has 0 saturated carbocycles. The topological polar surface area (TPSA) is 101 Å². The van der Waals surface area contributed by atoms with Gasteiger partial charge in [-0.2, -0.15) is 0 Å². The van der Waals surface area contributed by atoms with Gasteiger partial charge in [-0.25, -0.2) is 4.79 Å². The predicted octanol–water partition coefficient (Wildman–Crippen LogP) is 4.08. The van der Waals surface area contributed by atoms with Gasteiger partial charge >= 0.3 is 5.97 Å². The Morgan fingerprint density at radius 2 is 1.88 bits per heavy atom. The number of carbonyl (C=O) groups excluding carboxylic acids is 1. The molecule has 178 valence electrons. The van der Waals surface area contributed by atoms with Crippen molar-refractivity contribution in [1.29, 1.82) is 0 Å². The molecule has 0 aliphatic heterocycles. The number of phenolic OH excluding ortho intramolecular Hbond substituents is 1. The van der Waals surface area contributed by atoms with Crippen LogP contribution < -0.4 is 4.74 Å². The first kappa shape index (κ1) is 26.1. The molecule has 7 nitrogen and oxygen atoms in total. The Kier molecular flexibility index (Phi) is 9.17. The normalized spacial score (nSPS) is 16.1. The van der Waals surface area contributed by atoms with Crippen LogP contribution in [0.1, 0.15) is 45.2 Å². The SMILES string of the molecule is C=C(C)C(=O)OCCCOc1cc(C/N=C2/C=C(CO)C=C/C2=N/C)c(O)c(C(C)(C)C)c1. The fourth-order valence-electron chi connectivity index (χ4n) is 3.13. The Hall–Kier alpha value is -3.19. The zero-order chi connectivity index (χ0) is 24.6. The summed E-state index contributed by atoms with van der Waals surface area (Å²) < 4.78 is 11.0. The number of aliphatic hydroxyl groups is 1. The first-order valence-corrected chi connectivity index (χ1v) is 10.9. The molecule has 0 saturated heterocycles. The van der Waals surface area contributed by atoms with Gasteiger partial charge in [-0.05, 0) is 42.2 Å². The quantitative estimate of drug-likeness (QED) is 0.253. The van der Waals surface area contributed by atoms with Gasteiger partial charge in [0.05, 0.1) is 37.8 Å². The van der Waals surface area contributed by atoms with E-state index >= 15 is 0 Å². The number of rotatable bonds is 9. The standard InChI is InChI=1S/C26H34N2O5/c1-17(2)25(31)33-11-7-10-32-20-13-19(24(30)21(14-20)26(3,4)5)15-28-23-12-18(16-29)8-9-22(23)27-6/h8-9,12-14,29-30H,1,7,10-11,15-16H2,2-6H3/b27-22-,28-23-. The molecule has 0 radical (unpaired) electrons. The molecule has 0 bridgehead atoms. The second-order valence-electron chi connectivity index (χ2n) is 8.87. The molecule has 1 aliphatic rings. The maximum absolute atomic E-state index is 11.5. The average Bonchev–Trinajstić information content (AvgIpc) is 2.77. The van der Waals surface area contributed by atoms with Gasteiger partial charge in [0.25, 0.3) is 0 Å². The van der Waals surface area contributed by atoms with Gasteiger partial charge in [-0.3, -0.25) is 9.98 Å². The van der Waals surface area contributed by atoms with Crippen LogP contribution in [0.5, 0.6) is 11.5 Å². The molecule has 7 heteroatoms. The number of aliphatic imine (C=N–C) groups is 2. The van der Waals surface area contributed by atoms with Crippen LogP contribution >= 0.6 is 0 Å². The van der Waals surface area contributed by atoms with Crippen molar-refractivity contribution in [3.8, 4) is 11.5 Å². The summed E-state index contributed by atoms with van der Waals surface area (Å²) in [6.07, 6.45) is 5.93. The summed E-state index contributed by atoms with van der Waals surface area (Å²) in [4.78, 5) is 20.3. The molecule has 0 aromatic heterocycles. The molecule has 0 spiro atoms. The van der Waals surface area contributed by atoms with Crippen LogP contribution in [0, 0.1) is 0 Å². The number of benzene rings is 1. The summed E-state index contributed by atoms with van der Waals surface area (Å²) in [7, 11) is 1.68. The molecule has 0 fully saturated rings. The summed E-state index contributed by atoms with van der Waals surface area (Å²) in [6.45, 7) is 11.9. The van der Waals surface area contributed by atoms with Gasteiger partial charge in [0.2, 0.25) is 0 Å². The Bertz CT molecular complexity index is 1010. The lowest BCUT2D eigenvalue weighted by Gasteiger charge is -2.23. The molecular weight excluding hydrogens is 420 g/mol. The lowest BCUT2D eigenvalue weighted by Crippen LogP contribution is -2.15. The zero-order valence-electron chi connectivity index (χ0n) is 20.1. The third kappa shape index (κ3) is 7.43. The van der Waals surface area contributed by atoms with Crippen LogP contribution in [0.25, 0.3) is 0 Å². The summed E-state index contributed by atoms with van der Waals surface area (Å²) >= 11 is 0. The Labute approximate surface area is 195 Å². The molecule has 0 atom stereocenters. The van der Waals surface area contributed by atoms with E-state index in [9.17, 15) is 15.0 Å². The fraction of sp³-hybridized carbons (Fsp3) is 0.423. The summed E-state index contributed by atoms with van der Waals surface area (Å²) in [5, 5.41) is 20.4. The van der Waals surface area contributed by atoms with E-state index in [0.29, 0.717) is 41.3 Å². The number of nitrogens with zero attached hydrogens (tertiary/aromatic N) is 2. The number of esters is 1. The van der Waals surface area contributed by atoms with E-state index in [-0.39, 0.29) is 30.9 Å². The number of phenols is 1. The molecule has 2 rings (SSSR count). The number of allylic oxidation sites excluding steroid dienone is 2. The third-order valence-corrected chi connectivity index (χ3v) is 4.99. The van der Waals surface area contributed by atoms with Crippen molar-refractivity contribution < 1.29 is 24.5 Å². The molecule has 2 N–H and O–H groups in total. The van der Waals surface area contributed by atoms with Crippen LogP contribution in [0.15, 0.2) is 58.1 Å². The lowest BCUT2D eigenvalue weighted by molar-refractivity contribution is -0.139. The van der Waals surface area contributed by atoms with E-state index in [1.54, 1.807) is 32.2 Å². The van der Waals surface area contributed by atoms with Gasteiger partial charge in [0, 0.05) is 30.2 Å². The Morgan fingerprint density at radius 1 is 1.15 bits per heavy atom. The van der Waals surface area contributed by atoms with Crippen molar-refractivity contribution in [2.24, 2.45) is 9.98 Å². The van der Waals surface area contributed by atoms with Crippen molar-refractivity contribution in [2.45, 2.75) is 46.1 Å². The zero-order valence-corrected chi connectivity index (χ0v) is 20.1. The minimum atomic E-state index is -0.415. The van der Waals surface area contributed by atoms with Crippen LogP contribution in [-0.4, -0.2) is 54.5 Å². The number of carbonyl (C=O) groups is 1. The number of hydrogen-bond donors (Lipinski definition) is 2. The van der Waals surface area contributed by atoms with Crippen LogP contribution in [0.4, 0.5) is 0 Å². The summed E-state index contributed by atoms with van der Waals surface area (Å²) in [5.41, 5.74) is 3.53. The Balaban J connectivity index is 2.22. The van der Waals surface area contributed by atoms with Crippen molar-refractivity contribution >= 4 is 17.4 Å². The minimum Gasteiger partial charge on any atom is -0.507 e. The maximum atomic E-state index is 11.5. The number of aliphatic hydroxyl groups excluding tert-OH is 1. The molecule has 0 heterocycles. The smallest absolute Gasteiger partial charge is 0.333 e. The first-order chi connectivity index (χ1) is 15.6. The molecule has 1 aliphatic carbocycles. The second-order valence-corrected chi connectivity index (χ2v) is 8.87. The van der Waals surface area contributed by atoms with Crippen molar-refractivity contribution in [3.63, 3.8) is 0 Å². The van der Waals surface area contributed by atoms with Crippen LogP contribution in [0.3, 0.4) is 0 Å². The predicted molar refractivity (Wildman–Crippen MR) is 131 cm³/mol. The second kappa shape index (κ2) is 11.6. The van der Waals surface area contributed by atoms with Crippen LogP contribution in [-0.2, 0) is 21.5 Å². The van der Waals surface area contributed by atoms with Gasteiger partial charge < -0.3 is 19.7 Å². The van der Waals surface area contributed by atoms with E-state index < -0.39 is 5.97 Å². The van der Waals surface area contributed by atoms with Gasteiger partial charge in [0.15, 0.2) is 0 Å². The van der Waals surface area contributed by atoms with Gasteiger partial charge in [0.1, 0.15) is 11.5 Å². The van der Waals surface area contributed by atoms with E-state index in [4.69, 9.17) is 9.47 Å². The summed E-state index contributed by atoms with van der Waals surface area (Å²) in [5.74, 6) is 0.378. The molecule has 1 aromatic carbocycles. The highest BCUT2D eigenvalue weighted by atomic mass is 16.5. The number of aromatic hydroxyl groups is 1. The molecule has 33 heavy (non-hydrogen) atoms. The van der Waals surface area contributed by atoms with E-state index in [2.05, 4.69) is 16.6 Å². The number of ether oxygens (including phenoxy) is 2. The highest BCUT2D eigenvalue weighted by molar-refractivity contribution is 6.51. The Morgan fingerprint density at radius 3 is 2.48 bits per heavy atom. The molecule has 1 aromatic rings. The average molecular weight is 455 g/mol. The molecular formula is C26H34N2O5. The van der Waals surface area contributed by atoms with Crippen molar-refractivity contribution in [2.75, 3.05) is 26.9 Å². The lowest BCUT2D eigenvalue weighted by atomic mass is 9.85. The molecule has 0 amide bonds. The number of hydrogen-bond acceptors (Lipinski definition) is 7. The van der Waals surface area contributed by atoms with Crippen molar-refractivity contribution in [1.82, 2.24) is 0 Å². The first-order valence-electron chi connectivity index (χ1n) is 10.9. The summed E-state index contributed by atoms with van der Waals surface area (Å²) in [6, 6.07) is 3.60. The largest absolute Gasteiger partial charge is 0.507 e. The monoisotopic (exact) mass is 454 g/mol. The van der Waals surface area contributed by atoms with Crippen LogP contribution in [0.2, 0.25) is 0 Å². The maximum Gasteiger partial charge on any atom is 0.333 e. The van der Waals surface area contributed by atoms with E-state index in [1.165, 1.54) is 0 Å². The minimum absolute atomic E-state index is 0.0864. The van der Waals surface area contributed by atoms with Gasteiger partial charge in [-0.1, -0.05) is 33.4 Å². The third-order valence-electron chi connectivity index (χ3n) is 4.99. The van der Waals surface area contributed by atoms with Gasteiger partial charge in [-0.15, -0.1) is 0 Å². The van der Waals surface area contributed by atoms with Crippen molar-refractivity contribution in [3.05, 3.63) is 59.2 Å².